The van der Waals surface area contributed by atoms with Crippen LogP contribution in [0.15, 0.2) is 66.7 Å². The van der Waals surface area contributed by atoms with Gasteiger partial charge in [0, 0.05) is 35.2 Å². The Morgan fingerprint density at radius 3 is 2.14 bits per heavy atom. The van der Waals surface area contributed by atoms with Crippen LogP contribution < -0.4 is 10.6 Å². The fraction of sp³-hybridized carbons (Fsp3) is 0.192. The number of benzene rings is 3. The van der Waals surface area contributed by atoms with E-state index in [1.165, 1.54) is 6.92 Å². The highest BCUT2D eigenvalue weighted by Crippen LogP contribution is 2.30. The van der Waals surface area contributed by atoms with E-state index in [9.17, 15) is 24.0 Å². The Labute approximate surface area is 201 Å². The summed E-state index contributed by atoms with van der Waals surface area (Å²) in [5, 5.41) is 6.05. The molecule has 0 aliphatic carbocycles. The largest absolute Gasteiger partial charge is 0.453 e. The van der Waals surface area contributed by atoms with Gasteiger partial charge < -0.3 is 10.1 Å². The van der Waals surface area contributed by atoms with Gasteiger partial charge in [0.25, 0.3) is 17.7 Å². The van der Waals surface area contributed by atoms with E-state index in [0.29, 0.717) is 22.2 Å². The van der Waals surface area contributed by atoms with Gasteiger partial charge in [0.05, 0.1) is 0 Å². The number of hydrogen-bond donors (Lipinski definition) is 2. The molecule has 9 nitrogen and oxygen atoms in total. The van der Waals surface area contributed by atoms with Gasteiger partial charge in [0.1, 0.15) is 0 Å². The Morgan fingerprint density at radius 1 is 0.886 bits per heavy atom. The third kappa shape index (κ3) is 5.19. The molecule has 0 saturated heterocycles. The predicted molar refractivity (Wildman–Crippen MR) is 128 cm³/mol. The first-order valence-electron chi connectivity index (χ1n) is 11.1. The van der Waals surface area contributed by atoms with Crippen molar-refractivity contribution in [3.8, 4) is 0 Å². The number of urea groups is 1. The van der Waals surface area contributed by atoms with Gasteiger partial charge in [0.15, 0.2) is 6.10 Å². The zero-order valence-electron chi connectivity index (χ0n) is 18.9. The molecule has 1 unspecified atom stereocenters. The number of imide groups is 2. The maximum atomic E-state index is 12.9. The van der Waals surface area contributed by atoms with E-state index in [4.69, 9.17) is 4.74 Å². The molecule has 5 amide bonds. The molecular formula is C26H23N3O6. The predicted octanol–water partition coefficient (Wildman–Crippen LogP) is 3.50. The van der Waals surface area contributed by atoms with E-state index in [1.54, 1.807) is 54.6 Å². The van der Waals surface area contributed by atoms with Crippen molar-refractivity contribution in [2.24, 2.45) is 0 Å². The fourth-order valence-corrected chi connectivity index (χ4v) is 3.87. The number of hydrogen-bond acceptors (Lipinski definition) is 6. The normalized spacial score (nSPS) is 13.3. The van der Waals surface area contributed by atoms with Gasteiger partial charge in [-0.25, -0.2) is 4.79 Å². The summed E-state index contributed by atoms with van der Waals surface area (Å²) in [6.07, 6.45) is -1.15. The molecule has 9 heteroatoms. The molecule has 0 spiro atoms. The van der Waals surface area contributed by atoms with Gasteiger partial charge in [-0.15, -0.1) is 0 Å². The van der Waals surface area contributed by atoms with Crippen molar-refractivity contribution in [2.45, 2.75) is 25.9 Å². The van der Waals surface area contributed by atoms with Crippen LogP contribution in [0.2, 0.25) is 0 Å². The number of esters is 1. The fourth-order valence-electron chi connectivity index (χ4n) is 3.87. The maximum absolute atomic E-state index is 12.9. The molecule has 3 aromatic rings. The van der Waals surface area contributed by atoms with Crippen LogP contribution in [0.25, 0.3) is 10.8 Å². The molecule has 4 rings (SSSR count). The molecule has 178 valence electrons. The SMILES string of the molecule is CC(OC(=O)CCCN1C(=O)c2cccc3cccc(c23)C1=O)C(=O)NC(=O)Nc1ccccc1. The molecule has 0 bridgehead atoms. The number of carbonyl (C=O) groups excluding carboxylic acids is 5. The Morgan fingerprint density at radius 2 is 1.51 bits per heavy atom. The molecule has 1 atom stereocenters. The van der Waals surface area contributed by atoms with E-state index >= 15 is 0 Å². The smallest absolute Gasteiger partial charge is 0.325 e. The van der Waals surface area contributed by atoms with Crippen molar-refractivity contribution in [1.29, 1.82) is 0 Å². The number of anilines is 1. The lowest BCUT2D eigenvalue weighted by Crippen LogP contribution is -2.42. The van der Waals surface area contributed by atoms with Crippen LogP contribution in [0.1, 0.15) is 40.5 Å². The van der Waals surface area contributed by atoms with Gasteiger partial charge in [-0.1, -0.05) is 42.5 Å². The van der Waals surface area contributed by atoms with Crippen LogP contribution >= 0.6 is 0 Å². The van der Waals surface area contributed by atoms with Crippen LogP contribution in [0.4, 0.5) is 10.5 Å². The minimum atomic E-state index is -1.20. The van der Waals surface area contributed by atoms with Crippen LogP contribution in [0.5, 0.6) is 0 Å². The average molecular weight is 473 g/mol. The average Bonchev–Trinajstić information content (AvgIpc) is 2.85. The number of amides is 5. The number of ether oxygens (including phenoxy) is 1. The standard InChI is InChI=1S/C26H23N3O6/c1-16(23(31)28-26(34)27-18-10-3-2-4-11-18)35-21(30)14-7-15-29-24(32)19-12-5-8-17-9-6-13-20(22(17)19)25(29)33/h2-6,8-13,16H,7,14-15H2,1H3,(H2,27,28,31,34). The van der Waals surface area contributed by atoms with E-state index in [0.717, 1.165) is 10.3 Å². The lowest BCUT2D eigenvalue weighted by Gasteiger charge is -2.27. The summed E-state index contributed by atoms with van der Waals surface area (Å²) in [6, 6.07) is 18.4. The molecule has 1 heterocycles. The van der Waals surface area contributed by atoms with Crippen molar-refractivity contribution >= 4 is 46.2 Å². The zero-order chi connectivity index (χ0) is 24.9. The highest BCUT2D eigenvalue weighted by molar-refractivity contribution is 6.25. The van der Waals surface area contributed by atoms with Crippen LogP contribution in [0, 0.1) is 0 Å². The quantitative estimate of drug-likeness (QED) is 0.400. The minimum absolute atomic E-state index is 0.0253. The molecule has 0 fully saturated rings. The summed E-state index contributed by atoms with van der Waals surface area (Å²) < 4.78 is 5.09. The Hall–Kier alpha value is -4.53. The summed E-state index contributed by atoms with van der Waals surface area (Å²) in [6.45, 7) is 1.37. The van der Waals surface area contributed by atoms with Crippen molar-refractivity contribution < 1.29 is 28.7 Å². The van der Waals surface area contributed by atoms with Gasteiger partial charge >= 0.3 is 12.0 Å². The summed E-state index contributed by atoms with van der Waals surface area (Å²) >= 11 is 0. The Bertz CT molecular complexity index is 1270. The lowest BCUT2D eigenvalue weighted by atomic mass is 9.94. The van der Waals surface area contributed by atoms with Crippen molar-refractivity contribution in [3.05, 3.63) is 77.9 Å². The van der Waals surface area contributed by atoms with Gasteiger partial charge in [-0.3, -0.25) is 29.4 Å². The van der Waals surface area contributed by atoms with Gasteiger partial charge in [0.2, 0.25) is 0 Å². The second-order valence-electron chi connectivity index (χ2n) is 8.02. The number of para-hydroxylation sites is 1. The van der Waals surface area contributed by atoms with Crippen molar-refractivity contribution in [2.75, 3.05) is 11.9 Å². The monoisotopic (exact) mass is 473 g/mol. The first-order valence-corrected chi connectivity index (χ1v) is 11.1. The van der Waals surface area contributed by atoms with Crippen molar-refractivity contribution in [1.82, 2.24) is 10.2 Å². The number of nitrogens with one attached hydrogen (secondary N) is 2. The summed E-state index contributed by atoms with van der Waals surface area (Å²) in [5.74, 6) is -2.29. The highest BCUT2D eigenvalue weighted by Gasteiger charge is 2.32. The molecule has 1 aliphatic heterocycles. The second kappa shape index (κ2) is 10.2. The molecule has 35 heavy (non-hydrogen) atoms. The molecule has 3 aromatic carbocycles. The summed E-state index contributed by atoms with van der Waals surface area (Å²) in [5.41, 5.74) is 1.39. The molecule has 1 aliphatic rings. The van der Waals surface area contributed by atoms with E-state index in [2.05, 4.69) is 10.6 Å². The molecule has 0 aromatic heterocycles. The van der Waals surface area contributed by atoms with Gasteiger partial charge in [-0.05, 0) is 43.0 Å². The molecule has 2 N–H and O–H groups in total. The molecule has 0 radical (unpaired) electrons. The summed E-state index contributed by atoms with van der Waals surface area (Å²) in [7, 11) is 0. The molecule has 0 saturated carbocycles. The van der Waals surface area contributed by atoms with Crippen LogP contribution in [0.3, 0.4) is 0 Å². The molecular weight excluding hydrogens is 450 g/mol. The Balaban J connectivity index is 1.27. The first-order chi connectivity index (χ1) is 16.8. The highest BCUT2D eigenvalue weighted by atomic mass is 16.5. The third-order valence-corrected chi connectivity index (χ3v) is 5.56. The number of nitrogens with zero attached hydrogens (tertiary/aromatic N) is 1. The minimum Gasteiger partial charge on any atom is -0.453 e. The number of rotatable bonds is 7. The van der Waals surface area contributed by atoms with Crippen molar-refractivity contribution in [3.63, 3.8) is 0 Å². The second-order valence-corrected chi connectivity index (χ2v) is 8.02. The summed E-state index contributed by atoms with van der Waals surface area (Å²) in [4.78, 5) is 63.2. The topological polar surface area (TPSA) is 122 Å². The van der Waals surface area contributed by atoms with Crippen LogP contribution in [-0.2, 0) is 14.3 Å². The van der Waals surface area contributed by atoms with E-state index in [-0.39, 0.29) is 19.4 Å². The zero-order valence-corrected chi connectivity index (χ0v) is 18.9. The van der Waals surface area contributed by atoms with E-state index in [1.807, 2.05) is 12.1 Å². The Kier molecular flexibility index (Phi) is 6.86. The third-order valence-electron chi connectivity index (χ3n) is 5.56. The van der Waals surface area contributed by atoms with Crippen LogP contribution in [-0.4, -0.2) is 47.3 Å². The maximum Gasteiger partial charge on any atom is 0.325 e. The number of carbonyl (C=O) groups is 5. The first kappa shape index (κ1) is 23.6. The van der Waals surface area contributed by atoms with Gasteiger partial charge in [-0.2, -0.15) is 0 Å². The van der Waals surface area contributed by atoms with E-state index < -0.39 is 35.8 Å². The lowest BCUT2D eigenvalue weighted by molar-refractivity contribution is -0.154.